The van der Waals surface area contributed by atoms with Crippen LogP contribution in [0.5, 0.6) is 5.75 Å². The van der Waals surface area contributed by atoms with Crippen molar-refractivity contribution in [2.45, 2.75) is 73.1 Å². The monoisotopic (exact) mass is 462 g/mol. The average Bonchev–Trinajstić information content (AvgIpc) is 3.22. The van der Waals surface area contributed by atoms with Crippen molar-refractivity contribution in [1.82, 2.24) is 9.30 Å². The first-order valence-corrected chi connectivity index (χ1v) is 13.1. The summed E-state index contributed by atoms with van der Waals surface area (Å²) in [6, 6.07) is 12.1. The molecule has 34 heavy (non-hydrogen) atoms. The molecule has 4 nitrogen and oxygen atoms in total. The van der Waals surface area contributed by atoms with E-state index in [-0.39, 0.29) is 5.78 Å². The summed E-state index contributed by atoms with van der Waals surface area (Å²) in [7, 11) is 0. The van der Waals surface area contributed by atoms with Crippen molar-refractivity contribution in [1.29, 1.82) is 0 Å². The minimum absolute atomic E-state index is 0.0725. The second-order valence-electron chi connectivity index (χ2n) is 9.39. The number of ether oxygens (including phenoxy) is 1. The number of unbranched alkanes of at least 4 members (excludes halogenated alkanes) is 2. The molecule has 0 unspecified atom stereocenters. The van der Waals surface area contributed by atoms with E-state index in [4.69, 9.17) is 4.74 Å². The lowest BCUT2D eigenvalue weighted by Gasteiger charge is -2.22. The smallest absolute Gasteiger partial charge is 0.210 e. The van der Waals surface area contributed by atoms with Gasteiger partial charge in [-0.15, -0.1) is 0 Å². The van der Waals surface area contributed by atoms with Crippen molar-refractivity contribution in [3.05, 3.63) is 70.5 Å². The third kappa shape index (κ3) is 6.29. The van der Waals surface area contributed by atoms with Crippen LogP contribution in [0.3, 0.4) is 0 Å². The highest BCUT2D eigenvalue weighted by Gasteiger charge is 2.20. The van der Waals surface area contributed by atoms with E-state index < -0.39 is 0 Å². The zero-order valence-electron chi connectivity index (χ0n) is 21.8. The molecule has 3 aromatic rings. The van der Waals surface area contributed by atoms with Gasteiger partial charge in [0, 0.05) is 23.8 Å². The van der Waals surface area contributed by atoms with Gasteiger partial charge in [0.15, 0.2) is 0 Å². The molecule has 0 saturated carbocycles. The predicted molar refractivity (Wildman–Crippen MR) is 142 cm³/mol. The molecule has 0 fully saturated rings. The van der Waals surface area contributed by atoms with E-state index in [1.165, 1.54) is 38.8 Å². The number of hydrogen-bond donors (Lipinski definition) is 0. The van der Waals surface area contributed by atoms with E-state index in [0.717, 1.165) is 58.6 Å². The topological polar surface area (TPSA) is 34.0 Å². The van der Waals surface area contributed by atoms with Crippen LogP contribution in [-0.4, -0.2) is 41.3 Å². The second kappa shape index (κ2) is 12.8. The quantitative estimate of drug-likeness (QED) is 0.191. The zero-order chi connectivity index (χ0) is 24.5. The van der Waals surface area contributed by atoms with E-state index in [0.29, 0.717) is 6.61 Å². The summed E-state index contributed by atoms with van der Waals surface area (Å²) in [5.41, 5.74) is 5.69. The predicted octanol–water partition coefficient (Wildman–Crippen LogP) is 7.02. The molecule has 0 spiro atoms. The minimum atomic E-state index is 0.0725. The summed E-state index contributed by atoms with van der Waals surface area (Å²) in [6.45, 7) is 14.8. The van der Waals surface area contributed by atoms with Gasteiger partial charge in [-0.25, -0.2) is 0 Å². The van der Waals surface area contributed by atoms with E-state index >= 15 is 0 Å². The van der Waals surface area contributed by atoms with Gasteiger partial charge in [-0.3, -0.25) is 4.79 Å². The number of aromatic nitrogens is 1. The molecule has 3 rings (SSSR count). The summed E-state index contributed by atoms with van der Waals surface area (Å²) in [6.07, 6.45) is 8.81. The van der Waals surface area contributed by atoms with Gasteiger partial charge in [0.1, 0.15) is 5.75 Å². The second-order valence-corrected chi connectivity index (χ2v) is 9.39. The molecule has 0 amide bonds. The maximum absolute atomic E-state index is 13.6. The van der Waals surface area contributed by atoms with Gasteiger partial charge in [-0.05, 0) is 99.6 Å². The van der Waals surface area contributed by atoms with Crippen LogP contribution >= 0.6 is 0 Å². The Hall–Kier alpha value is -2.59. The van der Waals surface area contributed by atoms with E-state index in [9.17, 15) is 4.79 Å². The van der Waals surface area contributed by atoms with Crippen LogP contribution in [0.4, 0.5) is 0 Å². The Balaban J connectivity index is 1.69. The number of hydrogen-bond acceptors (Lipinski definition) is 3. The molecule has 0 aliphatic heterocycles. The molecule has 2 aromatic heterocycles. The summed E-state index contributed by atoms with van der Waals surface area (Å²) >= 11 is 0. The molecule has 1 aromatic carbocycles. The fourth-order valence-electron chi connectivity index (χ4n) is 4.71. The number of nitrogens with zero attached hydrogens (tertiary/aromatic N) is 2. The number of carbonyl (C=O) groups is 1. The van der Waals surface area contributed by atoms with E-state index in [2.05, 4.69) is 37.8 Å². The third-order valence-corrected chi connectivity index (χ3v) is 6.60. The van der Waals surface area contributed by atoms with Gasteiger partial charge in [0.2, 0.25) is 5.78 Å². The van der Waals surface area contributed by atoms with Gasteiger partial charge < -0.3 is 14.0 Å². The molecule has 0 bridgehead atoms. The van der Waals surface area contributed by atoms with Crippen LogP contribution in [0, 0.1) is 13.8 Å². The normalized spacial score (nSPS) is 11.5. The van der Waals surface area contributed by atoms with E-state index in [1.54, 1.807) is 0 Å². The molecule has 0 saturated heterocycles. The zero-order valence-corrected chi connectivity index (χ0v) is 21.8. The minimum Gasteiger partial charge on any atom is -0.493 e. The lowest BCUT2D eigenvalue weighted by molar-refractivity contribution is 0.103. The molecule has 0 atom stereocenters. The standard InChI is InChI=1S/C30H42N2O2/c1-6-9-15-31(16-10-7-2)17-13-19-34-30-23(4)20-26(21-24(30)5)29(33)28-25(8-3)22-27-14-11-12-18-32(27)28/h11-12,14,18,20-22H,6-10,13,15-17,19H2,1-5H3. The van der Waals surface area contributed by atoms with Crippen molar-refractivity contribution < 1.29 is 9.53 Å². The molecule has 0 radical (unpaired) electrons. The molecular formula is C30H42N2O2. The molecule has 4 heteroatoms. The summed E-state index contributed by atoms with van der Waals surface area (Å²) in [5, 5.41) is 0. The number of carbonyl (C=O) groups excluding carboxylic acids is 1. The average molecular weight is 463 g/mol. The van der Waals surface area contributed by atoms with Crippen molar-refractivity contribution in [3.8, 4) is 5.75 Å². The maximum atomic E-state index is 13.6. The lowest BCUT2D eigenvalue weighted by atomic mass is 9.99. The molecular weight excluding hydrogens is 420 g/mol. The molecule has 0 aliphatic rings. The first-order chi connectivity index (χ1) is 16.5. The molecule has 184 valence electrons. The van der Waals surface area contributed by atoms with Gasteiger partial charge in [-0.1, -0.05) is 39.7 Å². The summed E-state index contributed by atoms with van der Waals surface area (Å²) < 4.78 is 8.24. The number of fused-ring (bicyclic) bond motifs is 1. The van der Waals surface area contributed by atoms with Crippen LogP contribution in [0.15, 0.2) is 42.6 Å². The first-order valence-electron chi connectivity index (χ1n) is 13.1. The third-order valence-electron chi connectivity index (χ3n) is 6.60. The van der Waals surface area contributed by atoms with Crippen molar-refractivity contribution in [2.24, 2.45) is 0 Å². The summed E-state index contributed by atoms with van der Waals surface area (Å²) in [5.74, 6) is 0.990. The highest BCUT2D eigenvalue weighted by Crippen LogP contribution is 2.28. The fraction of sp³-hybridized carbons (Fsp3) is 0.500. The first kappa shape index (κ1) is 26.0. The number of ketones is 1. The largest absolute Gasteiger partial charge is 0.493 e. The van der Waals surface area contributed by atoms with Gasteiger partial charge in [-0.2, -0.15) is 0 Å². The molecule has 0 N–H and O–H groups in total. The number of rotatable bonds is 14. The highest BCUT2D eigenvalue weighted by atomic mass is 16.5. The van der Waals surface area contributed by atoms with Crippen LogP contribution < -0.4 is 4.74 Å². The van der Waals surface area contributed by atoms with Crippen LogP contribution in [0.2, 0.25) is 0 Å². The molecule has 0 aliphatic carbocycles. The Labute approximate surface area is 205 Å². The van der Waals surface area contributed by atoms with Crippen LogP contribution in [0.1, 0.15) is 85.6 Å². The number of aryl methyl sites for hydroxylation is 3. The van der Waals surface area contributed by atoms with Gasteiger partial charge in [0.05, 0.1) is 12.3 Å². The Morgan fingerprint density at radius 3 is 2.18 bits per heavy atom. The van der Waals surface area contributed by atoms with Crippen LogP contribution in [0.25, 0.3) is 5.52 Å². The Bertz CT molecular complexity index is 1050. The Morgan fingerprint density at radius 1 is 0.912 bits per heavy atom. The lowest BCUT2D eigenvalue weighted by Crippen LogP contribution is -2.28. The van der Waals surface area contributed by atoms with Gasteiger partial charge >= 0.3 is 0 Å². The Kier molecular flexibility index (Phi) is 9.76. The maximum Gasteiger partial charge on any atom is 0.210 e. The Morgan fingerprint density at radius 2 is 1.56 bits per heavy atom. The molecule has 2 heterocycles. The van der Waals surface area contributed by atoms with E-state index in [1.807, 2.05) is 48.7 Å². The fourth-order valence-corrected chi connectivity index (χ4v) is 4.71. The van der Waals surface area contributed by atoms with Crippen LogP contribution in [-0.2, 0) is 6.42 Å². The van der Waals surface area contributed by atoms with Crippen molar-refractivity contribution in [2.75, 3.05) is 26.2 Å². The summed E-state index contributed by atoms with van der Waals surface area (Å²) in [4.78, 5) is 16.1. The van der Waals surface area contributed by atoms with Gasteiger partial charge in [0.25, 0.3) is 0 Å². The SMILES string of the molecule is CCCCN(CCCC)CCCOc1c(C)cc(C(=O)c2c(CC)cc3ccccn23)cc1C. The van der Waals surface area contributed by atoms with Crippen molar-refractivity contribution >= 4 is 11.3 Å². The highest BCUT2D eigenvalue weighted by molar-refractivity contribution is 6.10. The number of benzene rings is 1. The number of pyridine rings is 1. The van der Waals surface area contributed by atoms with Crippen molar-refractivity contribution in [3.63, 3.8) is 0 Å².